The largest absolute Gasteiger partial charge is 0.481 e. The van der Waals surface area contributed by atoms with Crippen LogP contribution in [0.3, 0.4) is 0 Å². The van der Waals surface area contributed by atoms with E-state index in [4.69, 9.17) is 10.2 Å². The second-order valence-electron chi connectivity index (χ2n) is 4.29. The van der Waals surface area contributed by atoms with E-state index in [0.29, 0.717) is 13.0 Å². The predicted octanol–water partition coefficient (Wildman–Crippen LogP) is 1.14. The van der Waals surface area contributed by atoms with Gasteiger partial charge in [-0.15, -0.1) is 0 Å². The van der Waals surface area contributed by atoms with E-state index in [1.165, 1.54) is 12.1 Å². The van der Waals surface area contributed by atoms with Crippen LogP contribution in [0, 0.1) is 5.82 Å². The number of benzene rings is 1. The minimum atomic E-state index is -0.882. The second kappa shape index (κ2) is 7.08. The van der Waals surface area contributed by atoms with Gasteiger partial charge in [-0.3, -0.25) is 4.79 Å². The number of aliphatic carboxylic acids is 1. The molecular weight excluding hydrogens is 237 g/mol. The molecule has 0 saturated heterocycles. The number of nitrogens with zero attached hydrogens (tertiary/aromatic N) is 1. The molecule has 0 aliphatic rings. The van der Waals surface area contributed by atoms with Crippen LogP contribution < -0.4 is 0 Å². The first-order valence-corrected chi connectivity index (χ1v) is 5.80. The topological polar surface area (TPSA) is 60.8 Å². The number of rotatable bonds is 7. The zero-order valence-electron chi connectivity index (χ0n) is 10.3. The van der Waals surface area contributed by atoms with Crippen molar-refractivity contribution in [1.29, 1.82) is 0 Å². The van der Waals surface area contributed by atoms with Crippen molar-refractivity contribution in [1.82, 2.24) is 4.90 Å². The first-order chi connectivity index (χ1) is 8.52. The van der Waals surface area contributed by atoms with Gasteiger partial charge in [0.25, 0.3) is 0 Å². The molecule has 0 saturated carbocycles. The second-order valence-corrected chi connectivity index (χ2v) is 4.29. The number of hydrogen-bond acceptors (Lipinski definition) is 3. The van der Waals surface area contributed by atoms with Crippen LogP contribution in [0.4, 0.5) is 4.39 Å². The Morgan fingerprint density at radius 2 is 2.00 bits per heavy atom. The van der Waals surface area contributed by atoms with E-state index in [1.54, 1.807) is 24.1 Å². The van der Waals surface area contributed by atoms with Crippen LogP contribution in [0.25, 0.3) is 0 Å². The third-order valence-corrected chi connectivity index (χ3v) is 2.87. The van der Waals surface area contributed by atoms with Crippen LogP contribution in [-0.4, -0.2) is 47.3 Å². The maximum atomic E-state index is 12.8. The molecule has 0 bridgehead atoms. The van der Waals surface area contributed by atoms with Gasteiger partial charge >= 0.3 is 5.97 Å². The molecule has 4 nitrogen and oxygen atoms in total. The lowest BCUT2D eigenvalue weighted by Crippen LogP contribution is -2.37. The van der Waals surface area contributed by atoms with E-state index in [0.717, 1.165) is 5.56 Å². The minimum absolute atomic E-state index is 0.00607. The molecule has 1 unspecified atom stereocenters. The summed E-state index contributed by atoms with van der Waals surface area (Å²) in [6.07, 6.45) is 0.511. The van der Waals surface area contributed by atoms with Gasteiger partial charge in [-0.2, -0.15) is 0 Å². The summed E-state index contributed by atoms with van der Waals surface area (Å²) in [6.45, 7) is 0.398. The Balaban J connectivity index is 2.70. The molecule has 0 fully saturated rings. The van der Waals surface area contributed by atoms with Crippen LogP contribution >= 0.6 is 0 Å². The maximum absolute atomic E-state index is 12.8. The van der Waals surface area contributed by atoms with Crippen molar-refractivity contribution in [2.45, 2.75) is 18.9 Å². The lowest BCUT2D eigenvalue weighted by atomic mass is 10.0. The lowest BCUT2D eigenvalue weighted by Gasteiger charge is -2.26. The molecule has 100 valence electrons. The van der Waals surface area contributed by atoms with E-state index in [9.17, 15) is 9.18 Å². The standard InChI is InChI=1S/C13H18FNO3/c1-15(6-7-16)12(9-13(17)18)8-10-2-4-11(14)5-3-10/h2-5,12,16H,6-9H2,1H3,(H,17,18). The first kappa shape index (κ1) is 14.6. The number of aliphatic hydroxyl groups is 1. The van der Waals surface area contributed by atoms with E-state index in [1.807, 2.05) is 0 Å². The highest BCUT2D eigenvalue weighted by Crippen LogP contribution is 2.12. The van der Waals surface area contributed by atoms with Gasteiger partial charge in [0.15, 0.2) is 0 Å². The third-order valence-electron chi connectivity index (χ3n) is 2.87. The fourth-order valence-corrected chi connectivity index (χ4v) is 1.82. The summed E-state index contributed by atoms with van der Waals surface area (Å²) >= 11 is 0. The number of carbonyl (C=O) groups is 1. The van der Waals surface area contributed by atoms with Crippen molar-refractivity contribution in [2.24, 2.45) is 0 Å². The molecule has 1 rings (SSSR count). The Hall–Kier alpha value is -1.46. The summed E-state index contributed by atoms with van der Waals surface area (Å²) in [5.41, 5.74) is 0.882. The van der Waals surface area contributed by atoms with Gasteiger partial charge in [0.05, 0.1) is 13.0 Å². The summed E-state index contributed by atoms with van der Waals surface area (Å²) in [5.74, 6) is -1.19. The summed E-state index contributed by atoms with van der Waals surface area (Å²) in [6, 6.07) is 5.81. The molecule has 1 atom stereocenters. The summed E-state index contributed by atoms with van der Waals surface area (Å²) in [7, 11) is 1.77. The highest BCUT2D eigenvalue weighted by Gasteiger charge is 2.18. The molecule has 18 heavy (non-hydrogen) atoms. The Labute approximate surface area is 106 Å². The third kappa shape index (κ3) is 4.81. The smallest absolute Gasteiger partial charge is 0.304 e. The predicted molar refractivity (Wildman–Crippen MR) is 65.9 cm³/mol. The van der Waals surface area contributed by atoms with Gasteiger partial charge in [0.2, 0.25) is 0 Å². The van der Waals surface area contributed by atoms with E-state index < -0.39 is 5.97 Å². The molecule has 1 aromatic rings. The van der Waals surface area contributed by atoms with Gasteiger partial charge in [-0.1, -0.05) is 12.1 Å². The normalized spacial score (nSPS) is 12.7. The Bertz CT molecular complexity index is 380. The lowest BCUT2D eigenvalue weighted by molar-refractivity contribution is -0.138. The average Bonchev–Trinajstić information content (AvgIpc) is 2.31. The average molecular weight is 255 g/mol. The summed E-state index contributed by atoms with van der Waals surface area (Å²) in [5, 5.41) is 17.8. The van der Waals surface area contributed by atoms with Gasteiger partial charge < -0.3 is 15.1 Å². The van der Waals surface area contributed by atoms with E-state index in [2.05, 4.69) is 0 Å². The van der Waals surface area contributed by atoms with Crippen LogP contribution in [-0.2, 0) is 11.2 Å². The number of likely N-dealkylation sites (N-methyl/N-ethyl adjacent to an activating group) is 1. The highest BCUT2D eigenvalue weighted by molar-refractivity contribution is 5.67. The van der Waals surface area contributed by atoms with Gasteiger partial charge in [-0.05, 0) is 31.2 Å². The van der Waals surface area contributed by atoms with Crippen molar-refractivity contribution in [2.75, 3.05) is 20.2 Å². The number of halogens is 1. The zero-order valence-corrected chi connectivity index (χ0v) is 10.3. The van der Waals surface area contributed by atoms with Gasteiger partial charge in [-0.25, -0.2) is 4.39 Å². The maximum Gasteiger partial charge on any atom is 0.304 e. The molecule has 0 aliphatic carbocycles. The number of carboxylic acid groups (broad SMARTS) is 1. The molecule has 0 amide bonds. The van der Waals surface area contributed by atoms with Crippen molar-refractivity contribution < 1.29 is 19.4 Å². The number of aliphatic hydroxyl groups excluding tert-OH is 1. The Morgan fingerprint density at radius 3 is 2.50 bits per heavy atom. The molecule has 0 heterocycles. The fourth-order valence-electron chi connectivity index (χ4n) is 1.82. The van der Waals surface area contributed by atoms with Crippen LogP contribution in [0.15, 0.2) is 24.3 Å². The summed E-state index contributed by atoms with van der Waals surface area (Å²) in [4.78, 5) is 12.6. The zero-order chi connectivity index (χ0) is 13.5. The molecule has 2 N–H and O–H groups in total. The quantitative estimate of drug-likeness (QED) is 0.767. The fraction of sp³-hybridized carbons (Fsp3) is 0.462. The molecular formula is C13H18FNO3. The van der Waals surface area contributed by atoms with Crippen LogP contribution in [0.1, 0.15) is 12.0 Å². The van der Waals surface area contributed by atoms with E-state index >= 15 is 0 Å². The van der Waals surface area contributed by atoms with E-state index in [-0.39, 0.29) is 24.9 Å². The molecule has 0 aromatic heterocycles. The summed E-state index contributed by atoms with van der Waals surface area (Å²) < 4.78 is 12.8. The Morgan fingerprint density at radius 1 is 1.39 bits per heavy atom. The van der Waals surface area contributed by atoms with Gasteiger partial charge in [0.1, 0.15) is 5.82 Å². The molecule has 0 radical (unpaired) electrons. The molecule has 0 spiro atoms. The SMILES string of the molecule is CN(CCO)C(CC(=O)O)Cc1ccc(F)cc1. The highest BCUT2D eigenvalue weighted by atomic mass is 19.1. The molecule has 1 aromatic carbocycles. The number of hydrogen-bond donors (Lipinski definition) is 2. The van der Waals surface area contributed by atoms with Crippen molar-refractivity contribution in [3.63, 3.8) is 0 Å². The van der Waals surface area contributed by atoms with Crippen LogP contribution in [0.2, 0.25) is 0 Å². The number of carboxylic acids is 1. The van der Waals surface area contributed by atoms with Crippen molar-refractivity contribution in [3.8, 4) is 0 Å². The Kier molecular flexibility index (Phi) is 5.74. The molecule has 0 aliphatic heterocycles. The monoisotopic (exact) mass is 255 g/mol. The molecule has 5 heteroatoms. The van der Waals surface area contributed by atoms with Crippen molar-refractivity contribution in [3.05, 3.63) is 35.6 Å². The first-order valence-electron chi connectivity index (χ1n) is 5.80. The minimum Gasteiger partial charge on any atom is -0.481 e. The van der Waals surface area contributed by atoms with Crippen LogP contribution in [0.5, 0.6) is 0 Å². The van der Waals surface area contributed by atoms with Gasteiger partial charge in [0, 0.05) is 12.6 Å². The van der Waals surface area contributed by atoms with Crippen molar-refractivity contribution >= 4 is 5.97 Å².